The summed E-state index contributed by atoms with van der Waals surface area (Å²) in [6, 6.07) is 4.98. The van der Waals surface area contributed by atoms with Crippen LogP contribution in [0.3, 0.4) is 0 Å². The first-order valence-electron chi connectivity index (χ1n) is 6.47. The Balaban J connectivity index is 2.12. The third kappa shape index (κ3) is 3.04. The molecule has 0 bridgehead atoms. The summed E-state index contributed by atoms with van der Waals surface area (Å²) in [5, 5.41) is 10.7. The average Bonchev–Trinajstić information content (AvgIpc) is 2.30. The van der Waals surface area contributed by atoms with E-state index in [1.807, 2.05) is 0 Å². The van der Waals surface area contributed by atoms with Gasteiger partial charge in [0.1, 0.15) is 5.82 Å². The summed E-state index contributed by atoms with van der Waals surface area (Å²) in [5.41, 5.74) is 0.0323. The maximum atomic E-state index is 13.8. The second-order valence-corrected chi connectivity index (χ2v) is 6.69. The number of hydrogen-bond acceptors (Lipinski definition) is 1. The fraction of sp³-hybridized carbons (Fsp3) is 0.600. The molecule has 0 unspecified atom stereocenters. The third-order valence-electron chi connectivity index (χ3n) is 4.09. The summed E-state index contributed by atoms with van der Waals surface area (Å²) in [6.07, 6.45) is 3.77. The Hall–Kier alpha value is -0.600. The van der Waals surface area contributed by atoms with Crippen LogP contribution < -0.4 is 0 Å². The molecule has 100 valence electrons. The molecule has 1 saturated carbocycles. The van der Waals surface area contributed by atoms with Crippen LogP contribution in [-0.4, -0.2) is 10.7 Å². The highest BCUT2D eigenvalue weighted by Gasteiger charge is 2.37. The van der Waals surface area contributed by atoms with Crippen LogP contribution in [0.5, 0.6) is 0 Å². The largest absolute Gasteiger partial charge is 0.390 e. The lowest BCUT2D eigenvalue weighted by molar-refractivity contribution is -0.0256. The van der Waals surface area contributed by atoms with Crippen molar-refractivity contribution < 1.29 is 9.50 Å². The predicted molar refractivity (Wildman–Crippen MR) is 72.3 cm³/mol. The molecule has 18 heavy (non-hydrogen) atoms. The zero-order valence-corrected chi connectivity index (χ0v) is 11.7. The van der Waals surface area contributed by atoms with Crippen LogP contribution in [0, 0.1) is 11.2 Å². The monoisotopic (exact) mass is 270 g/mol. The zero-order chi connectivity index (χ0) is 13.4. The average molecular weight is 271 g/mol. The molecule has 1 aliphatic carbocycles. The van der Waals surface area contributed by atoms with Crippen molar-refractivity contribution in [3.63, 3.8) is 0 Å². The number of rotatable bonds is 2. The van der Waals surface area contributed by atoms with Crippen LogP contribution >= 0.6 is 11.6 Å². The van der Waals surface area contributed by atoms with E-state index in [0.29, 0.717) is 17.4 Å². The summed E-state index contributed by atoms with van der Waals surface area (Å²) >= 11 is 5.77. The zero-order valence-electron chi connectivity index (χ0n) is 11.0. The Morgan fingerprint density at radius 3 is 2.44 bits per heavy atom. The lowest BCUT2D eigenvalue weighted by atomic mass is 9.69. The minimum Gasteiger partial charge on any atom is -0.390 e. The molecular weight excluding hydrogens is 251 g/mol. The maximum absolute atomic E-state index is 13.8. The van der Waals surface area contributed by atoms with Crippen molar-refractivity contribution in [2.45, 2.75) is 51.6 Å². The van der Waals surface area contributed by atoms with Gasteiger partial charge in [0, 0.05) is 6.42 Å². The van der Waals surface area contributed by atoms with Gasteiger partial charge in [0.25, 0.3) is 0 Å². The molecule has 0 aromatic heterocycles. The van der Waals surface area contributed by atoms with E-state index in [0.717, 1.165) is 25.7 Å². The normalized spacial score (nSPS) is 21.8. The molecule has 1 aromatic rings. The van der Waals surface area contributed by atoms with Gasteiger partial charge in [-0.15, -0.1) is 0 Å². The standard InChI is InChI=1S/C15H20ClFO/c1-14(2)6-8-15(18,9-7-14)10-11-4-3-5-12(16)13(11)17/h3-5,18H,6-10H2,1-2H3. The Kier molecular flexibility index (Phi) is 3.70. The van der Waals surface area contributed by atoms with Gasteiger partial charge >= 0.3 is 0 Å². The van der Waals surface area contributed by atoms with Gasteiger partial charge in [-0.3, -0.25) is 0 Å². The minimum absolute atomic E-state index is 0.132. The molecule has 0 spiro atoms. The summed E-state index contributed by atoms with van der Waals surface area (Å²) < 4.78 is 13.8. The first kappa shape index (κ1) is 13.8. The van der Waals surface area contributed by atoms with Gasteiger partial charge in [0.15, 0.2) is 0 Å². The first-order chi connectivity index (χ1) is 8.31. The van der Waals surface area contributed by atoms with E-state index in [9.17, 15) is 9.50 Å². The van der Waals surface area contributed by atoms with E-state index in [-0.39, 0.29) is 5.02 Å². The summed E-state index contributed by atoms with van der Waals surface area (Å²) in [5.74, 6) is -0.391. The third-order valence-corrected chi connectivity index (χ3v) is 4.38. The molecule has 1 aliphatic rings. The van der Waals surface area contributed by atoms with Crippen LogP contribution in [0.15, 0.2) is 18.2 Å². The van der Waals surface area contributed by atoms with E-state index in [4.69, 9.17) is 11.6 Å². The molecule has 0 heterocycles. The lowest BCUT2D eigenvalue weighted by Gasteiger charge is -2.40. The molecule has 0 radical (unpaired) electrons. The van der Waals surface area contributed by atoms with Crippen LogP contribution in [-0.2, 0) is 6.42 Å². The van der Waals surface area contributed by atoms with Crippen LogP contribution in [0.2, 0.25) is 5.02 Å². The lowest BCUT2D eigenvalue weighted by Crippen LogP contribution is -2.39. The number of aliphatic hydroxyl groups is 1. The molecule has 1 fully saturated rings. The summed E-state index contributed by atoms with van der Waals surface area (Å²) in [7, 11) is 0. The fourth-order valence-electron chi connectivity index (χ4n) is 2.61. The summed E-state index contributed by atoms with van der Waals surface area (Å²) in [6.45, 7) is 4.43. The Morgan fingerprint density at radius 1 is 1.22 bits per heavy atom. The van der Waals surface area contributed by atoms with Crippen LogP contribution in [0.4, 0.5) is 4.39 Å². The second kappa shape index (κ2) is 4.82. The predicted octanol–water partition coefficient (Wildman–Crippen LogP) is 4.35. The molecule has 0 amide bonds. The number of hydrogen-bond donors (Lipinski definition) is 1. The van der Waals surface area contributed by atoms with Gasteiger partial charge < -0.3 is 5.11 Å². The highest BCUT2D eigenvalue weighted by atomic mass is 35.5. The molecule has 0 aliphatic heterocycles. The minimum atomic E-state index is -0.777. The second-order valence-electron chi connectivity index (χ2n) is 6.28. The smallest absolute Gasteiger partial charge is 0.145 e. The highest BCUT2D eigenvalue weighted by Crippen LogP contribution is 2.41. The van der Waals surface area contributed by atoms with Gasteiger partial charge in [-0.1, -0.05) is 37.6 Å². The van der Waals surface area contributed by atoms with Gasteiger partial charge in [0.05, 0.1) is 10.6 Å². The van der Waals surface area contributed by atoms with E-state index in [1.165, 1.54) is 6.07 Å². The molecule has 1 aromatic carbocycles. The first-order valence-corrected chi connectivity index (χ1v) is 6.84. The number of benzene rings is 1. The topological polar surface area (TPSA) is 20.2 Å². The van der Waals surface area contributed by atoms with Gasteiger partial charge in [0.2, 0.25) is 0 Å². The van der Waals surface area contributed by atoms with Gasteiger partial charge in [-0.25, -0.2) is 4.39 Å². The van der Waals surface area contributed by atoms with Crippen molar-refractivity contribution in [1.29, 1.82) is 0 Å². The Morgan fingerprint density at radius 2 is 1.83 bits per heavy atom. The van der Waals surface area contributed by atoms with Crippen molar-refractivity contribution >= 4 is 11.6 Å². The van der Waals surface area contributed by atoms with E-state index in [2.05, 4.69) is 13.8 Å². The molecular formula is C15H20ClFO. The maximum Gasteiger partial charge on any atom is 0.145 e. The van der Waals surface area contributed by atoms with Crippen molar-refractivity contribution in [3.05, 3.63) is 34.6 Å². The molecule has 2 rings (SSSR count). The van der Waals surface area contributed by atoms with Gasteiger partial charge in [-0.05, 0) is 42.7 Å². The molecule has 0 saturated heterocycles. The number of halogens is 2. The van der Waals surface area contributed by atoms with Crippen LogP contribution in [0.1, 0.15) is 45.1 Å². The van der Waals surface area contributed by atoms with E-state index in [1.54, 1.807) is 12.1 Å². The van der Waals surface area contributed by atoms with E-state index >= 15 is 0 Å². The quantitative estimate of drug-likeness (QED) is 0.847. The Bertz CT molecular complexity index is 432. The van der Waals surface area contributed by atoms with E-state index < -0.39 is 11.4 Å². The fourth-order valence-corrected chi connectivity index (χ4v) is 2.80. The van der Waals surface area contributed by atoms with Crippen molar-refractivity contribution in [3.8, 4) is 0 Å². The van der Waals surface area contributed by atoms with Crippen molar-refractivity contribution in [2.24, 2.45) is 5.41 Å². The molecule has 1 N–H and O–H groups in total. The molecule has 1 nitrogen and oxygen atoms in total. The SMILES string of the molecule is CC1(C)CCC(O)(Cc2cccc(Cl)c2F)CC1. The summed E-state index contributed by atoms with van der Waals surface area (Å²) in [4.78, 5) is 0. The Labute approximate surface area is 113 Å². The van der Waals surface area contributed by atoms with Gasteiger partial charge in [-0.2, -0.15) is 0 Å². The van der Waals surface area contributed by atoms with Crippen molar-refractivity contribution in [2.75, 3.05) is 0 Å². The molecule has 0 atom stereocenters. The van der Waals surface area contributed by atoms with Crippen LogP contribution in [0.25, 0.3) is 0 Å². The molecule has 3 heteroatoms. The highest BCUT2D eigenvalue weighted by molar-refractivity contribution is 6.30. The van der Waals surface area contributed by atoms with Crippen molar-refractivity contribution in [1.82, 2.24) is 0 Å².